The summed E-state index contributed by atoms with van der Waals surface area (Å²) in [7, 11) is 0. The number of aliphatic hydroxyl groups excluding tert-OH is 1. The Bertz CT molecular complexity index is 1720. The lowest BCUT2D eigenvalue weighted by molar-refractivity contribution is 0.181. The van der Waals surface area contributed by atoms with E-state index in [9.17, 15) is 13.9 Å². The fourth-order valence-corrected chi connectivity index (χ4v) is 5.38. The summed E-state index contributed by atoms with van der Waals surface area (Å²) in [6, 6.07) is 28.5. The van der Waals surface area contributed by atoms with Crippen molar-refractivity contribution in [1.29, 1.82) is 0 Å². The van der Waals surface area contributed by atoms with Crippen molar-refractivity contribution in [3.8, 4) is 22.5 Å². The maximum Gasteiger partial charge on any atom is 0.209 e. The zero-order chi connectivity index (χ0) is 26.1. The van der Waals surface area contributed by atoms with Gasteiger partial charge in [-0.3, -0.25) is 0 Å². The Morgan fingerprint density at radius 3 is 1.82 bits per heavy atom. The minimum absolute atomic E-state index is 0.156. The number of fused-ring (bicyclic) bond motifs is 3. The van der Waals surface area contributed by atoms with Crippen molar-refractivity contribution in [1.82, 2.24) is 19.7 Å². The summed E-state index contributed by atoms with van der Waals surface area (Å²) in [5.74, 6) is -0.700. The third kappa shape index (κ3) is 4.53. The molecule has 0 aliphatic heterocycles. The van der Waals surface area contributed by atoms with Gasteiger partial charge in [0.2, 0.25) is 5.16 Å². The van der Waals surface area contributed by atoms with E-state index in [1.165, 1.54) is 23.9 Å². The molecule has 4 aromatic carbocycles. The van der Waals surface area contributed by atoms with Crippen molar-refractivity contribution in [2.24, 2.45) is 0 Å². The SMILES string of the molecule is OC(CSc1nnc(-c2ccccc2F)c(-c2ccccc2F)n1)Cn1c2ccccc2c2ccccc21. The summed E-state index contributed by atoms with van der Waals surface area (Å²) in [6.45, 7) is 0.377. The number of halogens is 2. The largest absolute Gasteiger partial charge is 0.390 e. The number of thioether (sulfide) groups is 1. The molecule has 0 fully saturated rings. The highest BCUT2D eigenvalue weighted by molar-refractivity contribution is 7.99. The molecule has 0 saturated carbocycles. The second kappa shape index (κ2) is 10.3. The molecule has 188 valence electrons. The lowest BCUT2D eigenvalue weighted by atomic mass is 10.0. The van der Waals surface area contributed by atoms with E-state index < -0.39 is 17.7 Å². The van der Waals surface area contributed by atoms with Crippen LogP contribution in [0.25, 0.3) is 44.3 Å². The van der Waals surface area contributed by atoms with Gasteiger partial charge in [0.1, 0.15) is 23.0 Å². The van der Waals surface area contributed by atoms with Crippen LogP contribution in [-0.2, 0) is 6.54 Å². The standard InChI is InChI=1S/C30H22F2N4OS/c31-24-13-5-1-11-22(24)28-29(23-12-2-6-14-25(23)32)34-35-30(33-28)38-18-19(37)17-36-26-15-7-3-9-20(26)21-10-4-8-16-27(21)36/h1-16,19,37H,17-18H2. The van der Waals surface area contributed by atoms with Crippen LogP contribution in [0.5, 0.6) is 0 Å². The van der Waals surface area contributed by atoms with E-state index >= 15 is 0 Å². The first-order valence-electron chi connectivity index (χ1n) is 12.1. The molecule has 5 nitrogen and oxygen atoms in total. The van der Waals surface area contributed by atoms with Crippen LogP contribution < -0.4 is 0 Å². The highest BCUT2D eigenvalue weighted by Gasteiger charge is 2.20. The molecule has 1 atom stereocenters. The van der Waals surface area contributed by atoms with Gasteiger partial charge in [0.15, 0.2) is 0 Å². The Labute approximate surface area is 221 Å². The second-order valence-corrected chi connectivity index (χ2v) is 9.85. The molecule has 1 unspecified atom stereocenters. The molecule has 0 aliphatic carbocycles. The number of nitrogens with zero attached hydrogens (tertiary/aromatic N) is 4. The predicted octanol–water partition coefficient (Wildman–Crippen LogP) is 6.74. The van der Waals surface area contributed by atoms with Gasteiger partial charge in [-0.1, -0.05) is 72.4 Å². The van der Waals surface area contributed by atoms with Gasteiger partial charge in [-0.05, 0) is 36.4 Å². The number of hydrogen-bond acceptors (Lipinski definition) is 5. The Hall–Kier alpha value is -4.14. The fourth-order valence-electron chi connectivity index (χ4n) is 4.68. The summed E-state index contributed by atoms with van der Waals surface area (Å²) in [5, 5.41) is 21.9. The third-order valence-electron chi connectivity index (χ3n) is 6.40. The smallest absolute Gasteiger partial charge is 0.209 e. The van der Waals surface area contributed by atoms with Crippen LogP contribution in [0.1, 0.15) is 0 Å². The minimum Gasteiger partial charge on any atom is -0.390 e. The maximum atomic E-state index is 14.8. The van der Waals surface area contributed by atoms with Crippen LogP contribution >= 0.6 is 11.8 Å². The molecular weight excluding hydrogens is 502 g/mol. The molecule has 0 aliphatic rings. The number of para-hydroxylation sites is 2. The summed E-state index contributed by atoms with van der Waals surface area (Å²) in [6.07, 6.45) is -0.717. The molecule has 6 aromatic rings. The van der Waals surface area contributed by atoms with E-state index in [1.54, 1.807) is 36.4 Å². The average molecular weight is 525 g/mol. The molecule has 8 heteroatoms. The lowest BCUT2D eigenvalue weighted by Gasteiger charge is -2.14. The average Bonchev–Trinajstić information content (AvgIpc) is 3.26. The van der Waals surface area contributed by atoms with Crippen molar-refractivity contribution in [2.75, 3.05) is 5.75 Å². The van der Waals surface area contributed by atoms with E-state index in [0.717, 1.165) is 21.8 Å². The third-order valence-corrected chi connectivity index (χ3v) is 7.39. The number of benzene rings is 4. The zero-order valence-electron chi connectivity index (χ0n) is 20.1. The van der Waals surface area contributed by atoms with Gasteiger partial charge in [0, 0.05) is 38.7 Å². The van der Waals surface area contributed by atoms with Gasteiger partial charge in [-0.25, -0.2) is 13.8 Å². The van der Waals surface area contributed by atoms with Gasteiger partial charge in [0.25, 0.3) is 0 Å². The van der Waals surface area contributed by atoms with E-state index in [4.69, 9.17) is 0 Å². The van der Waals surface area contributed by atoms with Crippen LogP contribution in [0, 0.1) is 11.6 Å². The first-order valence-corrected chi connectivity index (χ1v) is 13.1. The minimum atomic E-state index is -0.717. The van der Waals surface area contributed by atoms with Gasteiger partial charge >= 0.3 is 0 Å². The lowest BCUT2D eigenvalue weighted by Crippen LogP contribution is -2.18. The van der Waals surface area contributed by atoms with Crippen molar-refractivity contribution in [3.63, 3.8) is 0 Å². The van der Waals surface area contributed by atoms with Crippen LogP contribution in [-0.4, -0.2) is 36.7 Å². The van der Waals surface area contributed by atoms with Crippen molar-refractivity contribution in [2.45, 2.75) is 17.8 Å². The summed E-state index contributed by atoms with van der Waals surface area (Å²) < 4.78 is 31.5. The molecular formula is C30H22F2N4OS. The molecule has 0 radical (unpaired) electrons. The summed E-state index contributed by atoms with van der Waals surface area (Å²) >= 11 is 1.22. The van der Waals surface area contributed by atoms with E-state index in [-0.39, 0.29) is 33.4 Å². The van der Waals surface area contributed by atoms with Gasteiger partial charge in [-0.15, -0.1) is 10.2 Å². The van der Waals surface area contributed by atoms with Crippen molar-refractivity contribution >= 4 is 33.6 Å². The Morgan fingerprint density at radius 1 is 0.684 bits per heavy atom. The Kier molecular flexibility index (Phi) is 6.57. The zero-order valence-corrected chi connectivity index (χ0v) is 20.9. The normalized spacial score (nSPS) is 12.3. The number of rotatable bonds is 7. The molecule has 6 rings (SSSR count). The highest BCUT2D eigenvalue weighted by Crippen LogP contribution is 2.33. The number of hydrogen-bond donors (Lipinski definition) is 1. The van der Waals surface area contributed by atoms with E-state index in [2.05, 4.69) is 31.9 Å². The molecule has 0 saturated heterocycles. The molecule has 0 bridgehead atoms. The first-order chi connectivity index (χ1) is 18.6. The molecule has 0 spiro atoms. The Morgan fingerprint density at radius 2 is 1.21 bits per heavy atom. The van der Waals surface area contributed by atoms with Gasteiger partial charge in [0.05, 0.1) is 12.6 Å². The van der Waals surface area contributed by atoms with Crippen LogP contribution in [0.2, 0.25) is 0 Å². The van der Waals surface area contributed by atoms with Gasteiger partial charge in [-0.2, -0.15) is 0 Å². The second-order valence-electron chi connectivity index (χ2n) is 8.86. The quantitative estimate of drug-likeness (QED) is 0.234. The Balaban J connectivity index is 1.29. The fraction of sp³-hybridized carbons (Fsp3) is 0.100. The van der Waals surface area contributed by atoms with E-state index in [0.29, 0.717) is 6.54 Å². The molecule has 2 heterocycles. The number of aromatic nitrogens is 4. The van der Waals surface area contributed by atoms with Crippen LogP contribution in [0.15, 0.2) is 102 Å². The van der Waals surface area contributed by atoms with Crippen LogP contribution in [0.4, 0.5) is 8.78 Å². The molecule has 1 N–H and O–H groups in total. The molecule has 38 heavy (non-hydrogen) atoms. The summed E-state index contributed by atoms with van der Waals surface area (Å²) in [5.41, 5.74) is 2.84. The number of aliphatic hydroxyl groups is 1. The predicted molar refractivity (Wildman–Crippen MR) is 147 cm³/mol. The highest BCUT2D eigenvalue weighted by atomic mass is 32.2. The molecule has 2 aromatic heterocycles. The topological polar surface area (TPSA) is 63.8 Å². The van der Waals surface area contributed by atoms with Gasteiger partial charge < -0.3 is 9.67 Å². The van der Waals surface area contributed by atoms with E-state index in [1.807, 2.05) is 36.4 Å². The monoisotopic (exact) mass is 524 g/mol. The maximum absolute atomic E-state index is 14.8. The van der Waals surface area contributed by atoms with Crippen molar-refractivity contribution < 1.29 is 13.9 Å². The van der Waals surface area contributed by atoms with Crippen molar-refractivity contribution in [3.05, 3.63) is 109 Å². The molecule has 0 amide bonds. The first kappa shape index (κ1) is 24.2. The summed E-state index contributed by atoms with van der Waals surface area (Å²) in [4.78, 5) is 4.55. The van der Waals surface area contributed by atoms with Crippen LogP contribution in [0.3, 0.4) is 0 Å².